The number of benzene rings is 4. The van der Waals surface area contributed by atoms with Crippen molar-refractivity contribution >= 4 is 11.8 Å². The highest BCUT2D eigenvalue weighted by molar-refractivity contribution is 7.99. The largest absolute Gasteiger partial charge is 0.125 e. The van der Waals surface area contributed by atoms with E-state index < -0.39 is 0 Å². The highest BCUT2D eigenvalue weighted by Crippen LogP contribution is 2.43. The highest BCUT2D eigenvalue weighted by Gasteiger charge is 2.36. The molecule has 0 aliphatic heterocycles. The smallest absolute Gasteiger partial charge is 0.0544 e. The molecule has 0 unspecified atom stereocenters. The Labute approximate surface area is 165 Å². The Morgan fingerprint density at radius 1 is 0.444 bits per heavy atom. The normalized spacial score (nSPS) is 11.3. The minimum absolute atomic E-state index is 0.204. The van der Waals surface area contributed by atoms with Gasteiger partial charge < -0.3 is 0 Å². The van der Waals surface area contributed by atoms with Crippen molar-refractivity contribution in [2.75, 3.05) is 5.75 Å². The van der Waals surface area contributed by atoms with E-state index in [-0.39, 0.29) is 5.41 Å². The monoisotopic (exact) mass is 366 g/mol. The first-order valence-electron chi connectivity index (χ1n) is 9.24. The molecule has 0 fully saturated rings. The zero-order chi connectivity index (χ0) is 18.4. The summed E-state index contributed by atoms with van der Waals surface area (Å²) in [7, 11) is 0. The second kappa shape index (κ2) is 8.28. The third kappa shape index (κ3) is 3.70. The van der Waals surface area contributed by atoms with E-state index in [9.17, 15) is 0 Å². The minimum atomic E-state index is -0.204. The molecule has 0 atom stereocenters. The number of hydrogen-bond acceptors (Lipinski definition) is 1. The minimum Gasteiger partial charge on any atom is -0.125 e. The average molecular weight is 367 g/mol. The Morgan fingerprint density at radius 2 is 0.778 bits per heavy atom. The Balaban J connectivity index is 1.89. The summed E-state index contributed by atoms with van der Waals surface area (Å²) in [6.45, 7) is 0. The molecule has 4 rings (SSSR count). The summed E-state index contributed by atoms with van der Waals surface area (Å²) in [6.07, 6.45) is 0. The molecule has 0 aliphatic carbocycles. The molecular weight excluding hydrogens is 344 g/mol. The van der Waals surface area contributed by atoms with Crippen LogP contribution in [-0.2, 0) is 5.41 Å². The van der Waals surface area contributed by atoms with Gasteiger partial charge in [0.2, 0.25) is 0 Å². The van der Waals surface area contributed by atoms with Gasteiger partial charge in [-0.1, -0.05) is 109 Å². The van der Waals surface area contributed by atoms with Crippen molar-refractivity contribution < 1.29 is 0 Å². The first-order chi connectivity index (χ1) is 13.4. The summed E-state index contributed by atoms with van der Waals surface area (Å²) in [5.41, 5.74) is 3.77. The van der Waals surface area contributed by atoms with Gasteiger partial charge in [0.05, 0.1) is 5.41 Å². The van der Waals surface area contributed by atoms with Crippen LogP contribution in [0.25, 0.3) is 0 Å². The van der Waals surface area contributed by atoms with Gasteiger partial charge in [0, 0.05) is 10.6 Å². The predicted molar refractivity (Wildman–Crippen MR) is 116 cm³/mol. The molecule has 0 nitrogen and oxygen atoms in total. The van der Waals surface area contributed by atoms with Crippen LogP contribution in [0.3, 0.4) is 0 Å². The number of hydrogen-bond donors (Lipinski definition) is 0. The molecule has 0 aromatic heterocycles. The van der Waals surface area contributed by atoms with Crippen LogP contribution in [0.15, 0.2) is 126 Å². The summed E-state index contributed by atoms with van der Waals surface area (Å²) < 4.78 is 0. The Kier molecular flexibility index (Phi) is 5.41. The molecule has 0 heterocycles. The van der Waals surface area contributed by atoms with Crippen molar-refractivity contribution in [3.8, 4) is 0 Å². The van der Waals surface area contributed by atoms with Crippen LogP contribution >= 0.6 is 11.8 Å². The molecule has 0 bridgehead atoms. The van der Waals surface area contributed by atoms with Gasteiger partial charge >= 0.3 is 0 Å². The second-order valence-corrected chi connectivity index (χ2v) is 7.65. The Morgan fingerprint density at radius 3 is 1.15 bits per heavy atom. The molecule has 1 heteroatoms. The lowest BCUT2D eigenvalue weighted by atomic mass is 9.71. The summed E-state index contributed by atoms with van der Waals surface area (Å²) in [5, 5.41) is 0. The van der Waals surface area contributed by atoms with Crippen LogP contribution in [0.2, 0.25) is 0 Å². The standard InChI is InChI=1S/C26H22S/c1-5-13-22(14-6-1)26(23-15-7-2-8-16-23,24-17-9-3-10-18-24)21-27-25-19-11-4-12-20-25/h1-20H,21H2. The van der Waals surface area contributed by atoms with Gasteiger partial charge in [-0.25, -0.2) is 0 Å². The van der Waals surface area contributed by atoms with Gasteiger partial charge in [-0.15, -0.1) is 11.8 Å². The van der Waals surface area contributed by atoms with Crippen LogP contribution in [0.1, 0.15) is 16.7 Å². The van der Waals surface area contributed by atoms with E-state index in [1.165, 1.54) is 21.6 Å². The van der Waals surface area contributed by atoms with E-state index >= 15 is 0 Å². The second-order valence-electron chi connectivity index (χ2n) is 6.61. The van der Waals surface area contributed by atoms with Crippen LogP contribution < -0.4 is 0 Å². The van der Waals surface area contributed by atoms with Crippen molar-refractivity contribution in [3.63, 3.8) is 0 Å². The molecule has 0 saturated heterocycles. The molecule has 27 heavy (non-hydrogen) atoms. The van der Waals surface area contributed by atoms with E-state index in [2.05, 4.69) is 121 Å². The van der Waals surface area contributed by atoms with E-state index in [1.54, 1.807) is 0 Å². The topological polar surface area (TPSA) is 0 Å². The van der Waals surface area contributed by atoms with E-state index in [1.807, 2.05) is 11.8 Å². The average Bonchev–Trinajstić information content (AvgIpc) is 2.77. The summed E-state index contributed by atoms with van der Waals surface area (Å²) >= 11 is 1.91. The van der Waals surface area contributed by atoms with Gasteiger partial charge in [-0.05, 0) is 28.8 Å². The van der Waals surface area contributed by atoms with Gasteiger partial charge in [0.15, 0.2) is 0 Å². The van der Waals surface area contributed by atoms with Crippen LogP contribution in [0.4, 0.5) is 0 Å². The summed E-state index contributed by atoms with van der Waals surface area (Å²) in [4.78, 5) is 1.30. The lowest BCUT2D eigenvalue weighted by Gasteiger charge is -2.36. The maximum absolute atomic E-state index is 2.26. The molecule has 0 N–H and O–H groups in total. The van der Waals surface area contributed by atoms with Crippen LogP contribution in [0.5, 0.6) is 0 Å². The molecule has 4 aromatic carbocycles. The van der Waals surface area contributed by atoms with Crippen molar-refractivity contribution in [3.05, 3.63) is 138 Å². The molecule has 132 valence electrons. The molecule has 0 amide bonds. The fourth-order valence-corrected chi connectivity index (χ4v) is 4.86. The Bertz CT molecular complexity index is 851. The number of thioether (sulfide) groups is 1. The zero-order valence-electron chi connectivity index (χ0n) is 15.2. The molecular formula is C26H22S. The fourth-order valence-electron chi connectivity index (χ4n) is 3.63. The van der Waals surface area contributed by atoms with Crippen LogP contribution in [0, 0.1) is 0 Å². The zero-order valence-corrected chi connectivity index (χ0v) is 16.0. The fraction of sp³-hybridized carbons (Fsp3) is 0.0769. The third-order valence-corrected chi connectivity index (χ3v) is 6.18. The maximum Gasteiger partial charge on any atom is 0.0544 e. The van der Waals surface area contributed by atoms with Gasteiger partial charge in [0.1, 0.15) is 0 Å². The van der Waals surface area contributed by atoms with Crippen LogP contribution in [-0.4, -0.2) is 5.75 Å². The maximum atomic E-state index is 2.26. The van der Waals surface area contributed by atoms with Gasteiger partial charge in [-0.3, -0.25) is 0 Å². The van der Waals surface area contributed by atoms with E-state index in [4.69, 9.17) is 0 Å². The molecule has 0 saturated carbocycles. The van der Waals surface area contributed by atoms with Crippen molar-refractivity contribution in [2.24, 2.45) is 0 Å². The Hall–Kier alpha value is -2.77. The third-order valence-electron chi connectivity index (χ3n) is 5.00. The number of rotatable bonds is 6. The van der Waals surface area contributed by atoms with Gasteiger partial charge in [0.25, 0.3) is 0 Å². The van der Waals surface area contributed by atoms with Gasteiger partial charge in [-0.2, -0.15) is 0 Å². The lowest BCUT2D eigenvalue weighted by molar-refractivity contribution is 0.705. The quantitative estimate of drug-likeness (QED) is 0.267. The molecule has 4 aromatic rings. The molecule has 0 radical (unpaired) electrons. The first kappa shape index (κ1) is 17.6. The van der Waals surface area contributed by atoms with Crippen molar-refractivity contribution in [1.82, 2.24) is 0 Å². The van der Waals surface area contributed by atoms with E-state index in [0.717, 1.165) is 5.75 Å². The summed E-state index contributed by atoms with van der Waals surface area (Å²) in [6, 6.07) is 43.3. The molecule has 0 spiro atoms. The van der Waals surface area contributed by atoms with E-state index in [0.29, 0.717) is 0 Å². The first-order valence-corrected chi connectivity index (χ1v) is 10.2. The predicted octanol–water partition coefficient (Wildman–Crippen LogP) is 6.81. The lowest BCUT2D eigenvalue weighted by Crippen LogP contribution is -2.32. The summed E-state index contributed by atoms with van der Waals surface area (Å²) in [5.74, 6) is 0.940. The van der Waals surface area contributed by atoms with Crippen molar-refractivity contribution in [1.29, 1.82) is 0 Å². The highest BCUT2D eigenvalue weighted by atomic mass is 32.2. The SMILES string of the molecule is c1ccc(SCC(c2ccccc2)(c2ccccc2)c2ccccc2)cc1. The molecule has 0 aliphatic rings. The van der Waals surface area contributed by atoms with Crippen molar-refractivity contribution in [2.45, 2.75) is 10.3 Å².